The zero-order valence-electron chi connectivity index (χ0n) is 22.0. The Balaban J connectivity index is 1.46. The lowest BCUT2D eigenvalue weighted by atomic mass is 10.1. The second-order valence-corrected chi connectivity index (χ2v) is 10.8. The molecule has 4 rings (SSSR count). The van der Waals surface area contributed by atoms with Gasteiger partial charge in [-0.3, -0.25) is 14.4 Å². The molecule has 0 aliphatic rings. The van der Waals surface area contributed by atoms with Crippen LogP contribution in [0.25, 0.3) is 6.08 Å². The van der Waals surface area contributed by atoms with E-state index in [2.05, 4.69) is 16.0 Å². The summed E-state index contributed by atoms with van der Waals surface area (Å²) in [6.07, 6.45) is -3.16. The Kier molecular flexibility index (Phi) is 10.5. The highest BCUT2D eigenvalue weighted by atomic mass is 35.5. The molecule has 0 atom stereocenters. The highest BCUT2D eigenvalue weighted by molar-refractivity contribution is 8.00. The summed E-state index contributed by atoms with van der Waals surface area (Å²) < 4.78 is 38.9. The van der Waals surface area contributed by atoms with Gasteiger partial charge in [0.15, 0.2) is 0 Å². The molecule has 43 heavy (non-hydrogen) atoms. The minimum atomic E-state index is -4.53. The van der Waals surface area contributed by atoms with E-state index in [9.17, 15) is 27.6 Å². The molecule has 3 amide bonds. The average Bonchev–Trinajstić information content (AvgIpc) is 2.97. The van der Waals surface area contributed by atoms with Gasteiger partial charge in [-0.25, -0.2) is 0 Å². The number of alkyl halides is 3. The fraction of sp³-hybridized carbons (Fsp3) is 0.0645. The van der Waals surface area contributed by atoms with E-state index in [1.165, 1.54) is 18.2 Å². The number of carbonyl (C=O) groups is 3. The molecule has 12 heteroatoms. The summed E-state index contributed by atoms with van der Waals surface area (Å²) in [6, 6.07) is 24.1. The van der Waals surface area contributed by atoms with Crippen molar-refractivity contribution in [2.75, 3.05) is 16.4 Å². The molecule has 0 saturated carbocycles. The van der Waals surface area contributed by atoms with E-state index in [0.717, 1.165) is 23.9 Å². The minimum absolute atomic E-state index is 0.0249. The molecule has 6 nitrogen and oxygen atoms in total. The smallest absolute Gasteiger partial charge is 0.325 e. The number of thioether (sulfide) groups is 1. The number of halogens is 5. The second-order valence-electron chi connectivity index (χ2n) is 8.91. The number of carbonyl (C=O) groups excluding carboxylic acids is 3. The Morgan fingerprint density at radius 3 is 2.07 bits per heavy atom. The molecule has 0 saturated heterocycles. The lowest BCUT2D eigenvalue weighted by Crippen LogP contribution is -2.30. The molecule has 220 valence electrons. The third-order valence-electron chi connectivity index (χ3n) is 5.75. The van der Waals surface area contributed by atoms with Crippen molar-refractivity contribution in [2.45, 2.75) is 11.1 Å². The number of hydrogen-bond acceptors (Lipinski definition) is 4. The normalized spacial score (nSPS) is 11.5. The molecule has 0 aromatic heterocycles. The standard InChI is InChI=1S/C31H22Cl2F3N3O3S/c32-25-13-6-14-26(33)24(25)17-27(39-29(41)19-7-2-1-3-8-19)30(42)38-22-11-5-12-23(16-22)43-18-28(40)37-21-10-4-9-20(15-21)31(34,35)36/h1-17H,18H2,(H,37,40)(H,38,42)(H,39,41)/b27-17+. The summed E-state index contributed by atoms with van der Waals surface area (Å²) >= 11 is 13.7. The van der Waals surface area contributed by atoms with Crippen LogP contribution in [0.4, 0.5) is 24.5 Å². The maximum Gasteiger partial charge on any atom is 0.416 e. The number of rotatable bonds is 9. The maximum atomic E-state index is 13.4. The van der Waals surface area contributed by atoms with Crippen LogP contribution in [0, 0.1) is 0 Å². The predicted molar refractivity (Wildman–Crippen MR) is 164 cm³/mol. The summed E-state index contributed by atoms with van der Waals surface area (Å²) in [5.41, 5.74) is 0.0537. The summed E-state index contributed by atoms with van der Waals surface area (Å²) in [6.45, 7) is 0. The van der Waals surface area contributed by atoms with Gasteiger partial charge in [0.05, 0.1) is 11.3 Å². The van der Waals surface area contributed by atoms with Crippen molar-refractivity contribution in [3.8, 4) is 0 Å². The zero-order valence-corrected chi connectivity index (χ0v) is 24.4. The van der Waals surface area contributed by atoms with E-state index in [4.69, 9.17) is 23.2 Å². The Morgan fingerprint density at radius 1 is 0.767 bits per heavy atom. The minimum Gasteiger partial charge on any atom is -0.325 e. The highest BCUT2D eigenvalue weighted by Crippen LogP contribution is 2.31. The molecule has 0 aliphatic heterocycles. The van der Waals surface area contributed by atoms with E-state index in [0.29, 0.717) is 21.7 Å². The van der Waals surface area contributed by atoms with Crippen molar-refractivity contribution >= 4 is 70.1 Å². The van der Waals surface area contributed by atoms with Crippen LogP contribution in [-0.2, 0) is 15.8 Å². The van der Waals surface area contributed by atoms with E-state index in [-0.39, 0.29) is 27.2 Å². The van der Waals surface area contributed by atoms with Gasteiger partial charge in [0, 0.05) is 37.4 Å². The van der Waals surface area contributed by atoms with Crippen molar-refractivity contribution in [1.82, 2.24) is 5.32 Å². The van der Waals surface area contributed by atoms with Crippen LogP contribution >= 0.6 is 35.0 Å². The molecular weight excluding hydrogens is 622 g/mol. The van der Waals surface area contributed by atoms with E-state index < -0.39 is 29.5 Å². The van der Waals surface area contributed by atoms with Crippen LogP contribution in [0.3, 0.4) is 0 Å². The lowest BCUT2D eigenvalue weighted by molar-refractivity contribution is -0.137. The summed E-state index contributed by atoms with van der Waals surface area (Å²) in [5, 5.41) is 8.32. The van der Waals surface area contributed by atoms with Crippen molar-refractivity contribution in [2.24, 2.45) is 0 Å². The third-order valence-corrected chi connectivity index (χ3v) is 7.41. The Bertz CT molecular complexity index is 1660. The van der Waals surface area contributed by atoms with E-state index in [1.54, 1.807) is 72.8 Å². The van der Waals surface area contributed by atoms with Gasteiger partial charge in [0.1, 0.15) is 5.70 Å². The van der Waals surface area contributed by atoms with Crippen LogP contribution < -0.4 is 16.0 Å². The first-order chi connectivity index (χ1) is 20.5. The van der Waals surface area contributed by atoms with Gasteiger partial charge in [0.2, 0.25) is 5.91 Å². The lowest BCUT2D eigenvalue weighted by Gasteiger charge is -2.13. The molecule has 0 radical (unpaired) electrons. The summed E-state index contributed by atoms with van der Waals surface area (Å²) in [7, 11) is 0. The number of anilines is 2. The predicted octanol–water partition coefficient (Wildman–Crippen LogP) is 8.15. The Labute approximate surface area is 259 Å². The first-order valence-electron chi connectivity index (χ1n) is 12.5. The monoisotopic (exact) mass is 643 g/mol. The van der Waals surface area contributed by atoms with Crippen molar-refractivity contribution in [3.05, 3.63) is 129 Å². The van der Waals surface area contributed by atoms with Crippen molar-refractivity contribution in [3.63, 3.8) is 0 Å². The van der Waals surface area contributed by atoms with Crippen LogP contribution in [-0.4, -0.2) is 23.5 Å². The Morgan fingerprint density at radius 2 is 1.40 bits per heavy atom. The van der Waals surface area contributed by atoms with Crippen molar-refractivity contribution < 1.29 is 27.6 Å². The second kappa shape index (κ2) is 14.3. The van der Waals surface area contributed by atoms with Gasteiger partial charge in [-0.15, -0.1) is 11.8 Å². The first kappa shape index (κ1) is 31.7. The molecule has 0 aliphatic carbocycles. The van der Waals surface area contributed by atoms with Crippen LogP contribution in [0.1, 0.15) is 21.5 Å². The van der Waals surface area contributed by atoms with Crippen LogP contribution in [0.15, 0.2) is 108 Å². The molecule has 0 fully saturated rings. The fourth-order valence-electron chi connectivity index (χ4n) is 3.72. The third kappa shape index (κ3) is 9.12. The number of benzene rings is 4. The van der Waals surface area contributed by atoms with Gasteiger partial charge < -0.3 is 16.0 Å². The van der Waals surface area contributed by atoms with E-state index in [1.807, 2.05) is 0 Å². The highest BCUT2D eigenvalue weighted by Gasteiger charge is 2.30. The number of hydrogen-bond donors (Lipinski definition) is 3. The van der Waals surface area contributed by atoms with Gasteiger partial charge >= 0.3 is 6.18 Å². The Hall–Kier alpha value is -4.25. The van der Waals surface area contributed by atoms with Gasteiger partial charge in [-0.1, -0.05) is 59.6 Å². The number of nitrogens with one attached hydrogen (secondary N) is 3. The summed E-state index contributed by atoms with van der Waals surface area (Å²) in [4.78, 5) is 39.2. The van der Waals surface area contributed by atoms with E-state index >= 15 is 0 Å². The quantitative estimate of drug-likeness (QED) is 0.127. The fourth-order valence-corrected chi connectivity index (χ4v) is 4.98. The molecule has 0 bridgehead atoms. The largest absolute Gasteiger partial charge is 0.416 e. The van der Waals surface area contributed by atoms with Gasteiger partial charge in [-0.05, 0) is 66.7 Å². The first-order valence-corrected chi connectivity index (χ1v) is 14.3. The van der Waals surface area contributed by atoms with Crippen LogP contribution in [0.5, 0.6) is 0 Å². The molecule has 0 heterocycles. The molecule has 3 N–H and O–H groups in total. The average molecular weight is 645 g/mol. The molecule has 4 aromatic carbocycles. The molecule has 0 unspecified atom stereocenters. The van der Waals surface area contributed by atoms with Gasteiger partial charge in [-0.2, -0.15) is 13.2 Å². The molecular formula is C31H22Cl2F3N3O3S. The van der Waals surface area contributed by atoms with Crippen molar-refractivity contribution in [1.29, 1.82) is 0 Å². The zero-order chi connectivity index (χ0) is 31.0. The van der Waals surface area contributed by atoms with Crippen LogP contribution in [0.2, 0.25) is 10.0 Å². The molecule has 4 aromatic rings. The summed E-state index contributed by atoms with van der Waals surface area (Å²) in [5.74, 6) is -1.80. The topological polar surface area (TPSA) is 87.3 Å². The number of amides is 3. The SMILES string of the molecule is O=C(CSc1cccc(NC(=O)/C(=C\c2c(Cl)cccc2Cl)NC(=O)c2ccccc2)c1)Nc1cccc(C(F)(F)F)c1. The van der Waals surface area contributed by atoms with Gasteiger partial charge in [0.25, 0.3) is 11.8 Å². The maximum absolute atomic E-state index is 13.4. The molecule has 0 spiro atoms.